The summed E-state index contributed by atoms with van der Waals surface area (Å²) in [5, 5.41) is 12.0. The van der Waals surface area contributed by atoms with Gasteiger partial charge in [-0.25, -0.2) is 0 Å². The van der Waals surface area contributed by atoms with E-state index in [2.05, 4.69) is 12.2 Å². The summed E-state index contributed by atoms with van der Waals surface area (Å²) in [6.45, 7) is 3.08. The van der Waals surface area contributed by atoms with Crippen molar-refractivity contribution < 1.29 is 14.7 Å². The van der Waals surface area contributed by atoms with Crippen molar-refractivity contribution in [1.29, 1.82) is 0 Å². The van der Waals surface area contributed by atoms with Gasteiger partial charge in [-0.3, -0.25) is 14.9 Å². The Morgan fingerprint density at radius 2 is 2.05 bits per heavy atom. The normalized spacial score (nSPS) is 25.1. The van der Waals surface area contributed by atoms with Crippen LogP contribution < -0.4 is 5.32 Å². The maximum absolute atomic E-state index is 12.2. The van der Waals surface area contributed by atoms with Gasteiger partial charge in [0, 0.05) is 12.6 Å². The molecule has 2 fully saturated rings. The molecule has 2 unspecified atom stereocenters. The van der Waals surface area contributed by atoms with Gasteiger partial charge in [0.1, 0.15) is 6.04 Å². The van der Waals surface area contributed by atoms with Crippen molar-refractivity contribution >= 4 is 11.9 Å². The van der Waals surface area contributed by atoms with Crippen LogP contribution in [0.1, 0.15) is 45.4 Å². The van der Waals surface area contributed by atoms with E-state index in [4.69, 9.17) is 5.11 Å². The van der Waals surface area contributed by atoms with Crippen molar-refractivity contribution in [3.8, 4) is 0 Å². The van der Waals surface area contributed by atoms with Crippen LogP contribution in [-0.4, -0.2) is 47.1 Å². The molecule has 5 heteroatoms. The van der Waals surface area contributed by atoms with E-state index >= 15 is 0 Å². The maximum Gasteiger partial charge on any atom is 0.320 e. The average Bonchev–Trinajstić information content (AvgIpc) is 3.23. The molecule has 1 amide bonds. The molecule has 0 radical (unpaired) electrons. The third-order valence-corrected chi connectivity index (χ3v) is 4.25. The van der Waals surface area contributed by atoms with Crippen molar-refractivity contribution in [1.82, 2.24) is 10.2 Å². The molecule has 0 bridgehead atoms. The highest BCUT2D eigenvalue weighted by molar-refractivity contribution is 5.80. The molecule has 2 aliphatic rings. The molecule has 108 valence electrons. The van der Waals surface area contributed by atoms with Gasteiger partial charge in [0.15, 0.2) is 0 Å². The molecule has 1 saturated carbocycles. The van der Waals surface area contributed by atoms with E-state index < -0.39 is 12.0 Å². The lowest BCUT2D eigenvalue weighted by Gasteiger charge is -2.35. The number of carboxylic acid groups (broad SMARTS) is 1. The number of amides is 1. The van der Waals surface area contributed by atoms with Gasteiger partial charge in [0.2, 0.25) is 5.91 Å². The summed E-state index contributed by atoms with van der Waals surface area (Å²) >= 11 is 0. The van der Waals surface area contributed by atoms with Crippen LogP contribution in [0.4, 0.5) is 0 Å². The Morgan fingerprint density at radius 1 is 1.32 bits per heavy atom. The summed E-state index contributed by atoms with van der Waals surface area (Å²) in [5.41, 5.74) is 0. The number of piperidine rings is 1. The zero-order valence-electron chi connectivity index (χ0n) is 11.6. The predicted molar refractivity (Wildman–Crippen MR) is 71.8 cm³/mol. The van der Waals surface area contributed by atoms with Crippen LogP contribution in [-0.2, 0) is 9.59 Å². The highest BCUT2D eigenvalue weighted by atomic mass is 16.4. The minimum Gasteiger partial charge on any atom is -0.480 e. The molecule has 5 nitrogen and oxygen atoms in total. The van der Waals surface area contributed by atoms with Crippen molar-refractivity contribution in [3.63, 3.8) is 0 Å². The fourth-order valence-electron chi connectivity index (χ4n) is 2.94. The molecule has 0 spiro atoms. The summed E-state index contributed by atoms with van der Waals surface area (Å²) in [7, 11) is 0. The van der Waals surface area contributed by atoms with Crippen LogP contribution in [0.5, 0.6) is 0 Å². The molecule has 1 saturated heterocycles. The summed E-state index contributed by atoms with van der Waals surface area (Å²) < 4.78 is 0. The lowest BCUT2D eigenvalue weighted by Crippen LogP contribution is -2.50. The minimum absolute atomic E-state index is 0.0541. The van der Waals surface area contributed by atoms with Crippen molar-refractivity contribution in [2.75, 3.05) is 13.1 Å². The number of aliphatic carboxylic acids is 1. The number of carbonyl (C=O) groups is 2. The topological polar surface area (TPSA) is 69.6 Å². The van der Waals surface area contributed by atoms with Gasteiger partial charge in [-0.1, -0.05) is 6.92 Å². The zero-order valence-corrected chi connectivity index (χ0v) is 11.6. The summed E-state index contributed by atoms with van der Waals surface area (Å²) in [6, 6.07) is -0.207. The van der Waals surface area contributed by atoms with Crippen LogP contribution in [0, 0.1) is 5.92 Å². The fourth-order valence-corrected chi connectivity index (χ4v) is 2.94. The van der Waals surface area contributed by atoms with Gasteiger partial charge in [-0.15, -0.1) is 0 Å². The molecule has 2 atom stereocenters. The molecular weight excluding hydrogens is 244 g/mol. The standard InChI is InChI=1S/C14H24N2O3/c1-2-11-5-3-4-8-16(11)12(17)9-15-13(14(18)19)10-6-7-10/h10-11,13,15H,2-9H2,1H3,(H,18,19). The average molecular weight is 268 g/mol. The first-order valence-corrected chi connectivity index (χ1v) is 7.39. The quantitative estimate of drug-likeness (QED) is 0.760. The molecule has 0 aromatic rings. The number of hydrogen-bond donors (Lipinski definition) is 2. The molecule has 1 aliphatic carbocycles. The minimum atomic E-state index is -0.832. The highest BCUT2D eigenvalue weighted by Gasteiger charge is 2.36. The maximum atomic E-state index is 12.2. The molecule has 19 heavy (non-hydrogen) atoms. The number of hydrogen-bond acceptors (Lipinski definition) is 3. The Balaban J connectivity index is 1.83. The van der Waals surface area contributed by atoms with Crippen LogP contribution in [0.15, 0.2) is 0 Å². The van der Waals surface area contributed by atoms with Gasteiger partial charge in [0.05, 0.1) is 6.54 Å². The van der Waals surface area contributed by atoms with Crippen LogP contribution in [0.3, 0.4) is 0 Å². The van der Waals surface area contributed by atoms with E-state index in [1.54, 1.807) is 0 Å². The van der Waals surface area contributed by atoms with Gasteiger partial charge < -0.3 is 10.0 Å². The SMILES string of the molecule is CCC1CCCCN1C(=O)CNC(C(=O)O)C1CC1. The van der Waals surface area contributed by atoms with Crippen LogP contribution >= 0.6 is 0 Å². The van der Waals surface area contributed by atoms with Crippen molar-refractivity contribution in [2.24, 2.45) is 5.92 Å². The monoisotopic (exact) mass is 268 g/mol. The van der Waals surface area contributed by atoms with Gasteiger partial charge >= 0.3 is 5.97 Å². The second-order valence-electron chi connectivity index (χ2n) is 5.68. The number of carbonyl (C=O) groups excluding carboxylic acids is 1. The Hall–Kier alpha value is -1.10. The molecular formula is C14H24N2O3. The largest absolute Gasteiger partial charge is 0.480 e. The van der Waals surface area contributed by atoms with Crippen LogP contribution in [0.25, 0.3) is 0 Å². The van der Waals surface area contributed by atoms with Gasteiger partial charge in [-0.2, -0.15) is 0 Å². The van der Waals surface area contributed by atoms with Gasteiger partial charge in [-0.05, 0) is 44.4 Å². The lowest BCUT2D eigenvalue weighted by molar-refractivity contribution is -0.140. The van der Waals surface area contributed by atoms with Crippen molar-refractivity contribution in [2.45, 2.75) is 57.5 Å². The Kier molecular flexibility index (Phi) is 4.80. The summed E-state index contributed by atoms with van der Waals surface area (Å²) in [5.74, 6) is -0.562. The van der Waals surface area contributed by atoms with E-state index in [1.807, 2.05) is 4.90 Å². The van der Waals surface area contributed by atoms with E-state index in [9.17, 15) is 9.59 Å². The number of rotatable bonds is 6. The molecule has 1 aliphatic heterocycles. The number of nitrogens with one attached hydrogen (secondary N) is 1. The van der Waals surface area contributed by atoms with E-state index in [1.165, 1.54) is 6.42 Å². The van der Waals surface area contributed by atoms with Gasteiger partial charge in [0.25, 0.3) is 0 Å². The van der Waals surface area contributed by atoms with Crippen molar-refractivity contribution in [3.05, 3.63) is 0 Å². The highest BCUT2D eigenvalue weighted by Crippen LogP contribution is 2.32. The third-order valence-electron chi connectivity index (χ3n) is 4.25. The molecule has 2 N–H and O–H groups in total. The Morgan fingerprint density at radius 3 is 2.63 bits per heavy atom. The molecule has 0 aromatic carbocycles. The number of carboxylic acids is 1. The second-order valence-corrected chi connectivity index (χ2v) is 5.68. The fraction of sp³-hybridized carbons (Fsp3) is 0.857. The third kappa shape index (κ3) is 3.69. The first-order chi connectivity index (χ1) is 9.13. The van der Waals surface area contributed by atoms with E-state index in [-0.39, 0.29) is 18.4 Å². The number of likely N-dealkylation sites (tertiary alicyclic amines) is 1. The lowest BCUT2D eigenvalue weighted by atomic mass is 10.00. The first kappa shape index (κ1) is 14.3. The predicted octanol–water partition coefficient (Wildman–Crippen LogP) is 1.23. The zero-order chi connectivity index (χ0) is 13.8. The smallest absolute Gasteiger partial charge is 0.320 e. The Labute approximate surface area is 114 Å². The molecule has 1 heterocycles. The summed E-state index contributed by atoms with van der Waals surface area (Å²) in [6.07, 6.45) is 6.23. The molecule has 0 aromatic heterocycles. The summed E-state index contributed by atoms with van der Waals surface area (Å²) in [4.78, 5) is 25.2. The van der Waals surface area contributed by atoms with E-state index in [0.29, 0.717) is 6.04 Å². The van der Waals surface area contributed by atoms with E-state index in [0.717, 1.165) is 38.6 Å². The second kappa shape index (κ2) is 6.37. The molecule has 2 rings (SSSR count). The van der Waals surface area contributed by atoms with Crippen LogP contribution in [0.2, 0.25) is 0 Å². The number of nitrogens with zero attached hydrogens (tertiary/aromatic N) is 1. The Bertz CT molecular complexity index is 342. The first-order valence-electron chi connectivity index (χ1n) is 7.39.